The van der Waals surface area contributed by atoms with E-state index in [1.165, 1.54) is 0 Å². The van der Waals surface area contributed by atoms with Crippen LogP contribution in [0.25, 0.3) is 22.4 Å². The van der Waals surface area contributed by atoms with E-state index >= 15 is 0 Å². The largest absolute Gasteiger partial charge is 0.481 e. The van der Waals surface area contributed by atoms with Gasteiger partial charge in [0.2, 0.25) is 5.88 Å². The van der Waals surface area contributed by atoms with Crippen molar-refractivity contribution in [3.05, 3.63) is 81.4 Å². The van der Waals surface area contributed by atoms with Gasteiger partial charge >= 0.3 is 5.97 Å². The fourth-order valence-electron chi connectivity index (χ4n) is 6.21. The highest BCUT2D eigenvalue weighted by Crippen LogP contribution is 2.41. The first kappa shape index (κ1) is 32.9. The molecule has 2 aromatic carbocycles. The van der Waals surface area contributed by atoms with Gasteiger partial charge in [-0.3, -0.25) is 9.59 Å². The number of carboxylic acids is 1. The molecule has 246 valence electrons. The summed E-state index contributed by atoms with van der Waals surface area (Å²) in [5.41, 5.74) is 5.79. The van der Waals surface area contributed by atoms with Crippen LogP contribution < -0.4 is 15.4 Å². The first-order valence-electron chi connectivity index (χ1n) is 15.4. The Morgan fingerprint density at radius 1 is 1.04 bits per heavy atom. The number of imidazole rings is 1. The maximum atomic E-state index is 13.4. The summed E-state index contributed by atoms with van der Waals surface area (Å²) in [5, 5.41) is 16.6. The Hall–Kier alpha value is -4.00. The number of amides is 1. The van der Waals surface area contributed by atoms with Crippen LogP contribution in [0.5, 0.6) is 5.88 Å². The molecule has 2 aliphatic rings. The Morgan fingerprint density at radius 3 is 2.55 bits per heavy atom. The second-order valence-corrected chi connectivity index (χ2v) is 12.6. The van der Waals surface area contributed by atoms with Crippen LogP contribution in [0.1, 0.15) is 34.0 Å². The van der Waals surface area contributed by atoms with Crippen molar-refractivity contribution in [3.63, 3.8) is 0 Å². The van der Waals surface area contributed by atoms with Crippen LogP contribution in [0, 0.1) is 5.92 Å². The number of likely N-dealkylation sites (N-methyl/N-ethyl adjacent to an activating group) is 1. The van der Waals surface area contributed by atoms with E-state index in [0.717, 1.165) is 29.9 Å². The number of carbonyl (C=O) groups excluding carboxylic acids is 1. The number of pyridine rings is 1. The molecule has 0 saturated carbocycles. The highest BCUT2D eigenvalue weighted by Gasteiger charge is 2.31. The maximum Gasteiger partial charge on any atom is 0.310 e. The van der Waals surface area contributed by atoms with Gasteiger partial charge in [0.1, 0.15) is 0 Å². The number of aliphatic carboxylic acids is 1. The third-order valence-corrected chi connectivity index (χ3v) is 9.64. The number of anilines is 1. The van der Waals surface area contributed by atoms with E-state index in [2.05, 4.69) is 20.5 Å². The Balaban J connectivity index is 1.23. The van der Waals surface area contributed by atoms with Crippen LogP contribution in [0.2, 0.25) is 10.0 Å². The second kappa shape index (κ2) is 14.0. The van der Waals surface area contributed by atoms with Crippen LogP contribution in [-0.4, -0.2) is 76.4 Å². The molecule has 0 bridgehead atoms. The average molecular weight is 680 g/mol. The first-order chi connectivity index (χ1) is 22.7. The van der Waals surface area contributed by atoms with E-state index < -0.39 is 11.9 Å². The van der Waals surface area contributed by atoms with Gasteiger partial charge in [-0.1, -0.05) is 59.6 Å². The van der Waals surface area contributed by atoms with Crippen molar-refractivity contribution in [2.75, 3.05) is 39.2 Å². The van der Waals surface area contributed by atoms with Gasteiger partial charge in [0.15, 0.2) is 5.82 Å². The number of carboxylic acid groups (broad SMARTS) is 1. The van der Waals surface area contributed by atoms with Gasteiger partial charge in [0.25, 0.3) is 5.91 Å². The summed E-state index contributed by atoms with van der Waals surface area (Å²) in [7, 11) is 5.44. The fraction of sp³-hybridized carbons (Fsp3) is 0.353. The number of carbonyl (C=O) groups is 2. The summed E-state index contributed by atoms with van der Waals surface area (Å²) in [6.07, 6.45) is 1.43. The number of halogens is 2. The molecule has 1 saturated heterocycles. The van der Waals surface area contributed by atoms with Gasteiger partial charge in [-0.05, 0) is 25.6 Å². The highest BCUT2D eigenvalue weighted by molar-refractivity contribution is 6.39. The molecule has 1 fully saturated rings. The van der Waals surface area contributed by atoms with Gasteiger partial charge in [-0.2, -0.15) is 0 Å². The molecule has 6 rings (SSSR count). The van der Waals surface area contributed by atoms with Crippen molar-refractivity contribution >= 4 is 40.8 Å². The first-order valence-corrected chi connectivity index (χ1v) is 16.1. The van der Waals surface area contributed by atoms with E-state index in [0.29, 0.717) is 75.9 Å². The molecule has 11 nitrogen and oxygen atoms in total. The summed E-state index contributed by atoms with van der Waals surface area (Å²) < 4.78 is 12.8. The molecule has 4 aromatic rings. The smallest absolute Gasteiger partial charge is 0.310 e. The Morgan fingerprint density at radius 2 is 1.79 bits per heavy atom. The zero-order valence-corrected chi connectivity index (χ0v) is 27.9. The van der Waals surface area contributed by atoms with Crippen molar-refractivity contribution in [3.8, 4) is 28.3 Å². The molecule has 2 aliphatic heterocycles. The van der Waals surface area contributed by atoms with Gasteiger partial charge in [-0.25, -0.2) is 9.97 Å². The van der Waals surface area contributed by atoms with Crippen LogP contribution >= 0.6 is 23.2 Å². The quantitative estimate of drug-likeness (QED) is 0.216. The molecule has 2 aromatic heterocycles. The lowest BCUT2D eigenvalue weighted by Crippen LogP contribution is -2.46. The van der Waals surface area contributed by atoms with E-state index in [9.17, 15) is 14.7 Å². The summed E-state index contributed by atoms with van der Waals surface area (Å²) in [4.78, 5) is 36.6. The molecule has 0 aliphatic carbocycles. The minimum Gasteiger partial charge on any atom is -0.481 e. The van der Waals surface area contributed by atoms with Crippen molar-refractivity contribution in [1.29, 1.82) is 0 Å². The molecule has 0 spiro atoms. The number of ether oxygens (including phenoxy) is 2. The monoisotopic (exact) mass is 678 g/mol. The standard InChI is InChI=1S/C34H36Cl2N6O5/c1-41-14-12-28-27(17-41)38-31(42(28)2)32(43)39-26-9-5-7-21(30(26)36)20-6-4-8-22(29(20)35)25-11-10-19(33(40-25)46-3)16-37-24-13-15-47-18-23(24)34(44)45/h4-11,23-24,37H,12-18H2,1-3H3,(H,39,43)(H,44,45). The molecule has 2 atom stereocenters. The topological polar surface area (TPSA) is 131 Å². The van der Waals surface area contributed by atoms with Gasteiger partial charge < -0.3 is 34.7 Å². The SMILES string of the molecule is COc1nc(-c2cccc(-c3cccc(NC(=O)c4nc5c(n4C)CCN(C)C5)c3Cl)c2Cl)ccc1CNC1CCOCC1C(=O)O. The number of hydrogen-bond donors (Lipinski definition) is 3. The number of nitrogens with zero attached hydrogens (tertiary/aromatic N) is 4. The summed E-state index contributed by atoms with van der Waals surface area (Å²) in [6.45, 7) is 2.68. The minimum atomic E-state index is -0.884. The summed E-state index contributed by atoms with van der Waals surface area (Å²) in [6, 6.07) is 14.5. The van der Waals surface area contributed by atoms with E-state index in [1.54, 1.807) is 13.2 Å². The molecular formula is C34H36Cl2N6O5. The number of hydrogen-bond acceptors (Lipinski definition) is 8. The van der Waals surface area contributed by atoms with Crippen molar-refractivity contribution in [2.45, 2.75) is 32.0 Å². The molecule has 13 heteroatoms. The predicted octanol–water partition coefficient (Wildman–Crippen LogP) is 5.28. The molecule has 4 heterocycles. The third kappa shape index (κ3) is 6.72. The lowest BCUT2D eigenvalue weighted by Gasteiger charge is -2.29. The van der Waals surface area contributed by atoms with Crippen LogP contribution in [-0.2, 0) is 36.1 Å². The summed E-state index contributed by atoms with van der Waals surface area (Å²) in [5.74, 6) is -1.11. The third-order valence-electron chi connectivity index (χ3n) is 8.82. The van der Waals surface area contributed by atoms with E-state index in [4.69, 9.17) is 37.7 Å². The second-order valence-electron chi connectivity index (χ2n) is 11.8. The van der Waals surface area contributed by atoms with Gasteiger partial charge in [0.05, 0.1) is 46.8 Å². The van der Waals surface area contributed by atoms with Crippen molar-refractivity contribution in [2.24, 2.45) is 13.0 Å². The molecule has 3 N–H and O–H groups in total. The maximum absolute atomic E-state index is 13.4. The number of nitrogens with one attached hydrogen (secondary N) is 2. The molecule has 47 heavy (non-hydrogen) atoms. The van der Waals surface area contributed by atoms with Crippen LogP contribution in [0.15, 0.2) is 48.5 Å². The van der Waals surface area contributed by atoms with Crippen molar-refractivity contribution in [1.82, 2.24) is 24.8 Å². The molecule has 0 radical (unpaired) electrons. The minimum absolute atomic E-state index is 0.180. The molecule has 2 unspecified atom stereocenters. The Bertz CT molecular complexity index is 1830. The number of aromatic nitrogens is 3. The van der Waals surface area contributed by atoms with Crippen LogP contribution in [0.3, 0.4) is 0 Å². The normalized spacial score (nSPS) is 18.1. The van der Waals surface area contributed by atoms with Crippen LogP contribution in [0.4, 0.5) is 5.69 Å². The zero-order chi connectivity index (χ0) is 33.2. The fourth-order valence-corrected chi connectivity index (χ4v) is 6.81. The summed E-state index contributed by atoms with van der Waals surface area (Å²) >= 11 is 13.9. The van der Waals surface area contributed by atoms with E-state index in [1.807, 2.05) is 61.1 Å². The van der Waals surface area contributed by atoms with Crippen molar-refractivity contribution < 1.29 is 24.2 Å². The number of methoxy groups -OCH3 is 1. The number of fused-ring (bicyclic) bond motifs is 1. The lowest BCUT2D eigenvalue weighted by atomic mass is 9.95. The zero-order valence-electron chi connectivity index (χ0n) is 26.3. The number of benzene rings is 2. The van der Waals surface area contributed by atoms with E-state index in [-0.39, 0.29) is 18.6 Å². The highest BCUT2D eigenvalue weighted by atomic mass is 35.5. The Labute approximate surface area is 282 Å². The lowest BCUT2D eigenvalue weighted by molar-refractivity contribution is -0.147. The molecular weight excluding hydrogens is 643 g/mol. The predicted molar refractivity (Wildman–Crippen MR) is 180 cm³/mol. The van der Waals surface area contributed by atoms with Gasteiger partial charge in [0, 0.05) is 73.7 Å². The average Bonchev–Trinajstić information content (AvgIpc) is 3.40. The number of rotatable bonds is 9. The molecule has 1 amide bonds. The van der Waals surface area contributed by atoms with Gasteiger partial charge in [-0.15, -0.1) is 0 Å². The Kier molecular flexibility index (Phi) is 9.81.